The molecule has 0 saturated carbocycles. The molecule has 0 aliphatic carbocycles. The number of benzene rings is 2. The Morgan fingerprint density at radius 3 is 2.17 bits per heavy atom. The molecule has 23 heavy (non-hydrogen) atoms. The number of carboxylic acids is 1. The number of aliphatic carboxylic acids is 1. The summed E-state index contributed by atoms with van der Waals surface area (Å²) in [5.74, 6) is 0.482. The van der Waals surface area contributed by atoms with Crippen LogP contribution in [-0.2, 0) is 17.8 Å². The summed E-state index contributed by atoms with van der Waals surface area (Å²) in [5, 5.41) is 12.5. The van der Waals surface area contributed by atoms with Gasteiger partial charge in [-0.2, -0.15) is 0 Å². The molecule has 0 radical (unpaired) electrons. The third kappa shape index (κ3) is 5.00. The average Bonchev–Trinajstić information content (AvgIpc) is 2.58. The van der Waals surface area contributed by atoms with Gasteiger partial charge in [-0.05, 0) is 29.7 Å². The van der Waals surface area contributed by atoms with Crippen LogP contribution in [0.4, 0.5) is 0 Å². The Morgan fingerprint density at radius 1 is 1.04 bits per heavy atom. The Balaban J connectivity index is 2.05. The number of hydrogen-bond acceptors (Lipinski definition) is 4. The van der Waals surface area contributed by atoms with Crippen molar-refractivity contribution in [1.82, 2.24) is 5.32 Å². The van der Waals surface area contributed by atoms with Gasteiger partial charge in [-0.15, -0.1) is 0 Å². The van der Waals surface area contributed by atoms with Gasteiger partial charge < -0.3 is 19.9 Å². The SMILES string of the molecule is COc1cc(CNC(Cc2ccccc2)C(=O)O)cc(OC)c1. The van der Waals surface area contributed by atoms with Crippen LogP contribution in [0.15, 0.2) is 48.5 Å². The van der Waals surface area contributed by atoms with E-state index in [1.54, 1.807) is 20.3 Å². The molecule has 2 rings (SSSR count). The minimum Gasteiger partial charge on any atom is -0.497 e. The summed E-state index contributed by atoms with van der Waals surface area (Å²) in [4.78, 5) is 11.5. The fraction of sp³-hybridized carbons (Fsp3) is 0.278. The van der Waals surface area contributed by atoms with Crippen LogP contribution < -0.4 is 14.8 Å². The molecule has 1 unspecified atom stereocenters. The van der Waals surface area contributed by atoms with E-state index in [0.29, 0.717) is 24.5 Å². The Kier molecular flexibility index (Phi) is 6.00. The number of rotatable bonds is 8. The lowest BCUT2D eigenvalue weighted by Crippen LogP contribution is -2.38. The van der Waals surface area contributed by atoms with Gasteiger partial charge in [0.15, 0.2) is 0 Å². The number of hydrogen-bond donors (Lipinski definition) is 2. The van der Waals surface area contributed by atoms with Gasteiger partial charge in [-0.1, -0.05) is 30.3 Å². The van der Waals surface area contributed by atoms with Crippen molar-refractivity contribution in [1.29, 1.82) is 0 Å². The molecule has 122 valence electrons. The van der Waals surface area contributed by atoms with Crippen LogP contribution in [0.1, 0.15) is 11.1 Å². The Morgan fingerprint density at radius 2 is 1.65 bits per heavy atom. The molecule has 0 heterocycles. The molecule has 0 spiro atoms. The number of nitrogens with one attached hydrogen (secondary N) is 1. The molecule has 5 nitrogen and oxygen atoms in total. The first kappa shape index (κ1) is 16.8. The van der Waals surface area contributed by atoms with E-state index in [-0.39, 0.29) is 0 Å². The van der Waals surface area contributed by atoms with Crippen LogP contribution >= 0.6 is 0 Å². The average molecular weight is 315 g/mol. The maximum atomic E-state index is 11.5. The van der Waals surface area contributed by atoms with E-state index in [2.05, 4.69) is 5.32 Å². The quantitative estimate of drug-likeness (QED) is 0.783. The summed E-state index contributed by atoms with van der Waals surface area (Å²) < 4.78 is 10.4. The zero-order valence-electron chi connectivity index (χ0n) is 13.3. The number of ether oxygens (including phenoxy) is 2. The summed E-state index contributed by atoms with van der Waals surface area (Å²) in [7, 11) is 3.17. The fourth-order valence-electron chi connectivity index (χ4n) is 2.31. The van der Waals surface area contributed by atoms with E-state index < -0.39 is 12.0 Å². The number of methoxy groups -OCH3 is 2. The minimum absolute atomic E-state index is 0.414. The Bertz CT molecular complexity index is 620. The molecular weight excluding hydrogens is 294 g/mol. The van der Waals surface area contributed by atoms with E-state index in [1.165, 1.54) is 0 Å². The van der Waals surface area contributed by atoms with Gasteiger partial charge in [0.1, 0.15) is 17.5 Å². The third-order valence-corrected chi connectivity index (χ3v) is 3.54. The smallest absolute Gasteiger partial charge is 0.321 e. The molecule has 0 aliphatic rings. The van der Waals surface area contributed by atoms with Crippen molar-refractivity contribution in [3.63, 3.8) is 0 Å². The highest BCUT2D eigenvalue weighted by atomic mass is 16.5. The predicted molar refractivity (Wildman–Crippen MR) is 88.0 cm³/mol. The first-order valence-electron chi connectivity index (χ1n) is 7.34. The van der Waals surface area contributed by atoms with Gasteiger partial charge in [-0.25, -0.2) is 0 Å². The molecule has 5 heteroatoms. The van der Waals surface area contributed by atoms with Gasteiger partial charge in [0.05, 0.1) is 14.2 Å². The summed E-state index contributed by atoms with van der Waals surface area (Å²) >= 11 is 0. The molecular formula is C18H21NO4. The van der Waals surface area contributed by atoms with Crippen molar-refractivity contribution in [2.75, 3.05) is 14.2 Å². The summed E-state index contributed by atoms with van der Waals surface area (Å²) in [6.07, 6.45) is 0.428. The standard InChI is InChI=1S/C18H21NO4/c1-22-15-8-14(9-16(11-15)23-2)12-19-17(18(20)21)10-13-6-4-3-5-7-13/h3-9,11,17,19H,10,12H2,1-2H3,(H,20,21). The monoisotopic (exact) mass is 315 g/mol. The molecule has 2 aromatic rings. The topological polar surface area (TPSA) is 67.8 Å². The highest BCUT2D eigenvalue weighted by Crippen LogP contribution is 2.22. The predicted octanol–water partition coefficient (Wildman–Crippen LogP) is 2.49. The van der Waals surface area contributed by atoms with Crippen LogP contribution in [0, 0.1) is 0 Å². The minimum atomic E-state index is -0.872. The van der Waals surface area contributed by atoms with E-state index in [9.17, 15) is 9.90 Å². The normalized spacial score (nSPS) is 11.7. The Labute approximate surface area is 135 Å². The van der Waals surface area contributed by atoms with Gasteiger partial charge in [-0.3, -0.25) is 4.79 Å². The highest BCUT2D eigenvalue weighted by molar-refractivity contribution is 5.73. The summed E-state index contributed by atoms with van der Waals surface area (Å²) in [5.41, 5.74) is 1.89. The lowest BCUT2D eigenvalue weighted by molar-refractivity contribution is -0.139. The molecule has 1 atom stereocenters. The lowest BCUT2D eigenvalue weighted by Gasteiger charge is -2.15. The molecule has 0 fully saturated rings. The third-order valence-electron chi connectivity index (χ3n) is 3.54. The maximum absolute atomic E-state index is 11.5. The van der Waals surface area contributed by atoms with Crippen LogP contribution in [-0.4, -0.2) is 31.3 Å². The van der Waals surface area contributed by atoms with E-state index in [0.717, 1.165) is 11.1 Å². The molecule has 2 N–H and O–H groups in total. The lowest BCUT2D eigenvalue weighted by atomic mass is 10.1. The largest absolute Gasteiger partial charge is 0.497 e. The second kappa shape index (κ2) is 8.19. The second-order valence-corrected chi connectivity index (χ2v) is 5.18. The van der Waals surface area contributed by atoms with Crippen LogP contribution in [0.3, 0.4) is 0 Å². The molecule has 0 aromatic heterocycles. The van der Waals surface area contributed by atoms with Crippen molar-refractivity contribution >= 4 is 5.97 Å². The van der Waals surface area contributed by atoms with Gasteiger partial charge in [0.2, 0.25) is 0 Å². The summed E-state index contributed by atoms with van der Waals surface area (Å²) in [6, 6.07) is 14.4. The molecule has 0 aliphatic heterocycles. The van der Waals surface area contributed by atoms with Crippen molar-refractivity contribution in [2.24, 2.45) is 0 Å². The number of carbonyl (C=O) groups is 1. The van der Waals surface area contributed by atoms with Crippen molar-refractivity contribution in [3.8, 4) is 11.5 Å². The molecule has 2 aromatic carbocycles. The van der Waals surface area contributed by atoms with Crippen molar-refractivity contribution in [2.45, 2.75) is 19.0 Å². The van der Waals surface area contributed by atoms with E-state index in [4.69, 9.17) is 9.47 Å². The van der Waals surface area contributed by atoms with Crippen LogP contribution in [0.2, 0.25) is 0 Å². The van der Waals surface area contributed by atoms with Crippen LogP contribution in [0.5, 0.6) is 11.5 Å². The van der Waals surface area contributed by atoms with Crippen LogP contribution in [0.25, 0.3) is 0 Å². The van der Waals surface area contributed by atoms with Crippen molar-refractivity contribution in [3.05, 3.63) is 59.7 Å². The first-order chi connectivity index (χ1) is 11.1. The fourth-order valence-corrected chi connectivity index (χ4v) is 2.31. The second-order valence-electron chi connectivity index (χ2n) is 5.18. The van der Waals surface area contributed by atoms with Gasteiger partial charge >= 0.3 is 5.97 Å². The molecule has 0 amide bonds. The number of carboxylic acid groups (broad SMARTS) is 1. The zero-order chi connectivity index (χ0) is 16.7. The van der Waals surface area contributed by atoms with Crippen molar-refractivity contribution < 1.29 is 19.4 Å². The zero-order valence-corrected chi connectivity index (χ0v) is 13.3. The summed E-state index contributed by atoms with van der Waals surface area (Å²) in [6.45, 7) is 0.414. The van der Waals surface area contributed by atoms with E-state index >= 15 is 0 Å². The molecule has 0 bridgehead atoms. The highest BCUT2D eigenvalue weighted by Gasteiger charge is 2.17. The van der Waals surface area contributed by atoms with Gasteiger partial charge in [0, 0.05) is 12.6 Å². The van der Waals surface area contributed by atoms with E-state index in [1.807, 2.05) is 42.5 Å². The molecule has 0 saturated heterocycles. The Hall–Kier alpha value is -2.53. The first-order valence-corrected chi connectivity index (χ1v) is 7.34. The maximum Gasteiger partial charge on any atom is 0.321 e. The van der Waals surface area contributed by atoms with Gasteiger partial charge in [0.25, 0.3) is 0 Å².